The first-order valence-electron chi connectivity index (χ1n) is 11.9. The van der Waals surface area contributed by atoms with E-state index in [1.54, 1.807) is 49.4 Å². The zero-order valence-electron chi connectivity index (χ0n) is 20.4. The van der Waals surface area contributed by atoms with Gasteiger partial charge >= 0.3 is 23.8 Å². The predicted octanol–water partition coefficient (Wildman–Crippen LogP) is 4.87. The van der Waals surface area contributed by atoms with Gasteiger partial charge in [0.2, 0.25) is 0 Å². The van der Waals surface area contributed by atoms with Crippen LogP contribution in [0.1, 0.15) is 56.5 Å². The number of carbonyl (C=O) groups is 4. The summed E-state index contributed by atoms with van der Waals surface area (Å²) >= 11 is 4.61. The number of nitrogens with one attached hydrogen (secondary N) is 2. The van der Waals surface area contributed by atoms with Crippen LogP contribution in [0.4, 0.5) is 5.00 Å². The number of carbonyl (C=O) groups excluding carboxylic acids is 4. The average molecular weight is 598 g/mol. The lowest BCUT2D eigenvalue weighted by molar-refractivity contribution is -0.136. The third-order valence-corrected chi connectivity index (χ3v) is 7.32. The van der Waals surface area contributed by atoms with Crippen LogP contribution in [0, 0.1) is 0 Å². The molecule has 11 heteroatoms. The van der Waals surface area contributed by atoms with E-state index in [9.17, 15) is 19.2 Å². The highest BCUT2D eigenvalue weighted by Gasteiger charge is 2.28. The Balaban J connectivity index is 1.34. The summed E-state index contributed by atoms with van der Waals surface area (Å²) < 4.78 is 11.3. The number of nitrogens with zero attached hydrogens (tertiary/aromatic N) is 1. The van der Waals surface area contributed by atoms with Crippen LogP contribution >= 0.6 is 27.3 Å². The summed E-state index contributed by atoms with van der Waals surface area (Å²) in [7, 11) is 0. The summed E-state index contributed by atoms with van der Waals surface area (Å²) in [5, 5.41) is 6.67. The molecule has 1 aliphatic carbocycles. The van der Waals surface area contributed by atoms with E-state index in [4.69, 9.17) is 9.47 Å². The van der Waals surface area contributed by atoms with Crippen molar-refractivity contribution in [3.8, 4) is 5.75 Å². The van der Waals surface area contributed by atoms with Crippen LogP contribution < -0.4 is 15.5 Å². The van der Waals surface area contributed by atoms with Gasteiger partial charge < -0.3 is 14.8 Å². The van der Waals surface area contributed by atoms with E-state index in [1.165, 1.54) is 17.6 Å². The number of esters is 2. The average Bonchev–Trinajstić information content (AvgIpc) is 3.27. The first kappa shape index (κ1) is 27.2. The maximum absolute atomic E-state index is 12.5. The van der Waals surface area contributed by atoms with Gasteiger partial charge in [0.05, 0.1) is 23.9 Å². The Bertz CT molecular complexity index is 1400. The lowest BCUT2D eigenvalue weighted by Crippen LogP contribution is -2.32. The number of rotatable bonds is 7. The summed E-state index contributed by atoms with van der Waals surface area (Å²) in [5.41, 5.74) is 4.40. The van der Waals surface area contributed by atoms with Crippen LogP contribution in [0.3, 0.4) is 0 Å². The van der Waals surface area contributed by atoms with E-state index in [0.717, 1.165) is 40.6 Å². The maximum atomic E-state index is 12.5. The van der Waals surface area contributed by atoms with Crippen molar-refractivity contribution >= 4 is 62.2 Å². The first-order chi connectivity index (χ1) is 18.4. The van der Waals surface area contributed by atoms with E-state index < -0.39 is 23.8 Å². The van der Waals surface area contributed by atoms with Gasteiger partial charge in [-0.25, -0.2) is 15.0 Å². The molecule has 0 unspecified atom stereocenters. The number of thiophene rings is 1. The lowest BCUT2D eigenvalue weighted by Gasteiger charge is -2.12. The number of hydrazone groups is 1. The molecular weight excluding hydrogens is 574 g/mol. The topological polar surface area (TPSA) is 123 Å². The number of benzene rings is 2. The molecule has 2 aromatic carbocycles. The second kappa shape index (κ2) is 12.6. The van der Waals surface area contributed by atoms with Crippen molar-refractivity contribution in [1.82, 2.24) is 5.43 Å². The lowest BCUT2D eigenvalue weighted by atomic mass is 9.95. The van der Waals surface area contributed by atoms with E-state index in [1.807, 2.05) is 6.07 Å². The smallest absolute Gasteiger partial charge is 0.343 e. The van der Waals surface area contributed by atoms with Gasteiger partial charge in [-0.1, -0.05) is 22.0 Å². The Labute approximate surface area is 231 Å². The van der Waals surface area contributed by atoms with Crippen LogP contribution in [0.2, 0.25) is 0 Å². The number of hydrogen-bond acceptors (Lipinski definition) is 8. The number of aryl methyl sites for hydroxylation is 1. The monoisotopic (exact) mass is 597 g/mol. The number of anilines is 1. The zero-order valence-corrected chi connectivity index (χ0v) is 22.8. The minimum absolute atomic E-state index is 0.209. The van der Waals surface area contributed by atoms with Crippen molar-refractivity contribution in [2.24, 2.45) is 5.10 Å². The molecule has 1 heterocycles. The molecule has 1 aromatic heterocycles. The fourth-order valence-corrected chi connectivity index (χ4v) is 5.52. The maximum Gasteiger partial charge on any atom is 0.343 e. The molecule has 3 aromatic rings. The summed E-state index contributed by atoms with van der Waals surface area (Å²) in [6.07, 6.45) is 4.86. The Kier molecular flexibility index (Phi) is 9.03. The molecule has 0 fully saturated rings. The van der Waals surface area contributed by atoms with Gasteiger partial charge in [-0.15, -0.1) is 11.3 Å². The van der Waals surface area contributed by atoms with Crippen molar-refractivity contribution in [3.63, 3.8) is 0 Å². The molecule has 2 amide bonds. The summed E-state index contributed by atoms with van der Waals surface area (Å²) in [6.45, 7) is 1.92. The molecule has 0 saturated heterocycles. The molecule has 196 valence electrons. The number of fused-ring (bicyclic) bond motifs is 1. The molecule has 0 spiro atoms. The SMILES string of the molecule is CCOC(=O)c1c(NC(=O)C(=O)N/N=C\c2ccc(OC(=O)c3cccc(Br)c3)cc2)sc2c1CCCC2. The second-order valence-corrected chi connectivity index (χ2v) is 10.3. The van der Waals surface area contributed by atoms with Crippen molar-refractivity contribution < 1.29 is 28.7 Å². The molecule has 0 bridgehead atoms. The molecule has 0 atom stereocenters. The molecule has 9 nitrogen and oxygen atoms in total. The van der Waals surface area contributed by atoms with Gasteiger partial charge in [-0.05, 0) is 86.2 Å². The van der Waals surface area contributed by atoms with Crippen molar-refractivity contribution in [3.05, 3.63) is 80.1 Å². The van der Waals surface area contributed by atoms with Crippen LogP contribution in [-0.4, -0.2) is 36.6 Å². The highest BCUT2D eigenvalue weighted by atomic mass is 79.9. The highest BCUT2D eigenvalue weighted by molar-refractivity contribution is 9.10. The quantitative estimate of drug-likeness (QED) is 0.132. The summed E-state index contributed by atoms with van der Waals surface area (Å²) in [5.74, 6) is -2.59. The van der Waals surface area contributed by atoms with E-state index >= 15 is 0 Å². The Hall–Kier alpha value is -3.83. The largest absolute Gasteiger partial charge is 0.462 e. The van der Waals surface area contributed by atoms with Crippen LogP contribution in [0.5, 0.6) is 5.75 Å². The molecule has 0 radical (unpaired) electrons. The third kappa shape index (κ3) is 6.73. The van der Waals surface area contributed by atoms with Crippen molar-refractivity contribution in [1.29, 1.82) is 0 Å². The first-order valence-corrected chi connectivity index (χ1v) is 13.5. The fraction of sp³-hybridized carbons (Fsp3) is 0.222. The van der Waals surface area contributed by atoms with Gasteiger partial charge in [0.25, 0.3) is 0 Å². The summed E-state index contributed by atoms with van der Waals surface area (Å²) in [4.78, 5) is 50.6. The second-order valence-electron chi connectivity index (χ2n) is 8.26. The number of hydrogen-bond donors (Lipinski definition) is 2. The number of amides is 2. The van der Waals surface area contributed by atoms with Crippen LogP contribution in [0.25, 0.3) is 0 Å². The third-order valence-electron chi connectivity index (χ3n) is 5.61. The minimum Gasteiger partial charge on any atom is -0.462 e. The van der Waals surface area contributed by atoms with E-state index in [-0.39, 0.29) is 6.61 Å². The molecule has 1 aliphatic rings. The molecular formula is C27H24BrN3O6S. The van der Waals surface area contributed by atoms with Crippen LogP contribution in [0.15, 0.2) is 58.1 Å². The van der Waals surface area contributed by atoms with E-state index in [0.29, 0.717) is 27.4 Å². The Morgan fingerprint density at radius 2 is 1.79 bits per heavy atom. The molecule has 0 saturated carbocycles. The number of halogens is 1. The number of ether oxygens (including phenoxy) is 2. The molecule has 0 aliphatic heterocycles. The van der Waals surface area contributed by atoms with Gasteiger partial charge in [0.1, 0.15) is 10.8 Å². The molecule has 38 heavy (non-hydrogen) atoms. The molecule has 2 N–H and O–H groups in total. The molecule has 4 rings (SSSR count). The Morgan fingerprint density at radius 3 is 2.53 bits per heavy atom. The van der Waals surface area contributed by atoms with Gasteiger partial charge in [-0.3, -0.25) is 9.59 Å². The standard InChI is InChI=1S/C27H24BrN3O6S/c1-2-36-27(35)22-20-8-3-4-9-21(20)38-25(22)30-23(32)24(33)31-29-15-16-10-12-19(13-11-16)37-26(34)17-6-5-7-18(28)14-17/h5-7,10-15H,2-4,8-9H2,1H3,(H,30,32)(H,31,33)/b29-15-. The normalized spacial score (nSPS) is 12.5. The Morgan fingerprint density at radius 1 is 1.03 bits per heavy atom. The van der Waals surface area contributed by atoms with Gasteiger partial charge in [0, 0.05) is 9.35 Å². The van der Waals surface area contributed by atoms with Gasteiger partial charge in [0.15, 0.2) is 0 Å². The van der Waals surface area contributed by atoms with Gasteiger partial charge in [-0.2, -0.15) is 5.10 Å². The van der Waals surface area contributed by atoms with Crippen molar-refractivity contribution in [2.75, 3.05) is 11.9 Å². The minimum atomic E-state index is -0.984. The van der Waals surface area contributed by atoms with Crippen LogP contribution in [-0.2, 0) is 27.2 Å². The fourth-order valence-electron chi connectivity index (χ4n) is 3.85. The van der Waals surface area contributed by atoms with E-state index in [2.05, 4.69) is 31.8 Å². The zero-order chi connectivity index (χ0) is 27.1. The predicted molar refractivity (Wildman–Crippen MR) is 147 cm³/mol. The summed E-state index contributed by atoms with van der Waals surface area (Å²) in [6, 6.07) is 13.3. The highest BCUT2D eigenvalue weighted by Crippen LogP contribution is 2.38. The van der Waals surface area contributed by atoms with Crippen molar-refractivity contribution in [2.45, 2.75) is 32.6 Å².